The average molecular weight is 317 g/mol. The molecule has 1 fully saturated rings. The van der Waals surface area contributed by atoms with Crippen molar-refractivity contribution >= 4 is 14.5 Å². The van der Waals surface area contributed by atoms with Crippen molar-refractivity contribution in [2.45, 2.75) is 70.5 Å². The molecule has 21 heavy (non-hydrogen) atoms. The SMILES string of the molecule is CCCNC(=O)C1CCCC1[Si](O)(O)C(CC)NCCC. The summed E-state index contributed by atoms with van der Waals surface area (Å²) >= 11 is 0. The zero-order valence-electron chi connectivity index (χ0n) is 13.7. The molecule has 1 saturated carbocycles. The van der Waals surface area contributed by atoms with Crippen LogP contribution in [-0.4, -0.2) is 42.8 Å². The van der Waals surface area contributed by atoms with E-state index in [4.69, 9.17) is 0 Å². The zero-order valence-corrected chi connectivity index (χ0v) is 14.7. The molecule has 4 N–H and O–H groups in total. The second-order valence-corrected chi connectivity index (χ2v) is 9.14. The molecule has 3 unspecified atom stereocenters. The van der Waals surface area contributed by atoms with Gasteiger partial charge in [-0.15, -0.1) is 0 Å². The minimum atomic E-state index is -3.47. The molecular weight excluding hydrogens is 284 g/mol. The van der Waals surface area contributed by atoms with Gasteiger partial charge in [0.1, 0.15) is 0 Å². The van der Waals surface area contributed by atoms with Gasteiger partial charge in [-0.05, 0) is 38.6 Å². The van der Waals surface area contributed by atoms with E-state index in [1.807, 2.05) is 13.8 Å². The fraction of sp³-hybridized carbons (Fsp3) is 0.933. The van der Waals surface area contributed by atoms with Gasteiger partial charge in [-0.2, -0.15) is 0 Å². The molecule has 1 amide bonds. The Morgan fingerprint density at radius 3 is 2.43 bits per heavy atom. The summed E-state index contributed by atoms with van der Waals surface area (Å²) < 4.78 is 0. The monoisotopic (exact) mass is 316 g/mol. The molecule has 0 radical (unpaired) electrons. The Morgan fingerprint density at radius 2 is 1.86 bits per heavy atom. The Morgan fingerprint density at radius 1 is 1.19 bits per heavy atom. The average Bonchev–Trinajstić information content (AvgIpc) is 2.95. The molecule has 124 valence electrons. The third kappa shape index (κ3) is 4.77. The molecule has 0 heterocycles. The van der Waals surface area contributed by atoms with Crippen molar-refractivity contribution in [3.8, 4) is 0 Å². The van der Waals surface area contributed by atoms with Crippen LogP contribution in [0.15, 0.2) is 0 Å². The van der Waals surface area contributed by atoms with Crippen molar-refractivity contribution in [1.82, 2.24) is 10.6 Å². The van der Waals surface area contributed by atoms with Gasteiger partial charge in [0, 0.05) is 18.0 Å². The lowest BCUT2D eigenvalue weighted by Crippen LogP contribution is -2.60. The smallest absolute Gasteiger partial charge is 0.354 e. The molecule has 0 aromatic heterocycles. The number of nitrogens with one attached hydrogen (secondary N) is 2. The lowest BCUT2D eigenvalue weighted by molar-refractivity contribution is -0.125. The molecule has 5 nitrogen and oxygen atoms in total. The Kier molecular flexibility index (Phi) is 7.87. The van der Waals surface area contributed by atoms with Crippen molar-refractivity contribution in [1.29, 1.82) is 0 Å². The van der Waals surface area contributed by atoms with E-state index >= 15 is 0 Å². The van der Waals surface area contributed by atoms with E-state index in [1.54, 1.807) is 0 Å². The van der Waals surface area contributed by atoms with Gasteiger partial charge in [-0.25, -0.2) is 0 Å². The van der Waals surface area contributed by atoms with Crippen molar-refractivity contribution in [2.24, 2.45) is 5.92 Å². The van der Waals surface area contributed by atoms with E-state index in [-0.39, 0.29) is 23.0 Å². The maximum Gasteiger partial charge on any atom is 0.354 e. The van der Waals surface area contributed by atoms with E-state index in [2.05, 4.69) is 17.6 Å². The van der Waals surface area contributed by atoms with Crippen LogP contribution in [0.5, 0.6) is 0 Å². The fourth-order valence-electron chi connectivity index (χ4n) is 3.33. The molecular formula is C15H32N2O3Si. The van der Waals surface area contributed by atoms with Crippen LogP contribution >= 0.6 is 0 Å². The van der Waals surface area contributed by atoms with Gasteiger partial charge in [0.15, 0.2) is 0 Å². The van der Waals surface area contributed by atoms with Crippen LogP contribution in [0.3, 0.4) is 0 Å². The summed E-state index contributed by atoms with van der Waals surface area (Å²) in [7, 11) is -3.47. The highest BCUT2D eigenvalue weighted by Crippen LogP contribution is 2.43. The van der Waals surface area contributed by atoms with Gasteiger partial charge in [0.25, 0.3) is 0 Å². The minimum Gasteiger partial charge on any atom is -0.410 e. The van der Waals surface area contributed by atoms with E-state index in [0.29, 0.717) is 13.0 Å². The summed E-state index contributed by atoms with van der Waals surface area (Å²) in [5.41, 5.74) is -0.495. The molecule has 1 rings (SSSR count). The molecule has 0 aromatic rings. The first-order valence-corrected chi connectivity index (χ1v) is 10.5. The predicted molar refractivity (Wildman–Crippen MR) is 87.0 cm³/mol. The second-order valence-electron chi connectivity index (χ2n) is 6.13. The summed E-state index contributed by atoms with van der Waals surface area (Å²) in [5.74, 6) is -0.222. The first kappa shape index (κ1) is 18.6. The van der Waals surface area contributed by atoms with Gasteiger partial charge >= 0.3 is 8.56 Å². The normalized spacial score (nSPS) is 24.0. The lowest BCUT2D eigenvalue weighted by Gasteiger charge is -2.35. The number of rotatable bonds is 9. The van der Waals surface area contributed by atoms with Crippen molar-refractivity contribution in [2.75, 3.05) is 13.1 Å². The van der Waals surface area contributed by atoms with Gasteiger partial charge in [-0.3, -0.25) is 4.79 Å². The van der Waals surface area contributed by atoms with Crippen LogP contribution in [0.1, 0.15) is 59.3 Å². The molecule has 0 saturated heterocycles. The highest BCUT2D eigenvalue weighted by molar-refractivity contribution is 6.68. The number of hydrogen-bond acceptors (Lipinski definition) is 4. The van der Waals surface area contributed by atoms with E-state index in [0.717, 1.165) is 38.6 Å². The first-order chi connectivity index (χ1) is 9.98. The summed E-state index contributed by atoms with van der Waals surface area (Å²) in [5, 5.41) is 6.19. The maximum atomic E-state index is 12.3. The largest absolute Gasteiger partial charge is 0.410 e. The van der Waals surface area contributed by atoms with E-state index < -0.39 is 8.56 Å². The zero-order chi connectivity index (χ0) is 15.9. The van der Waals surface area contributed by atoms with Crippen LogP contribution in [0.4, 0.5) is 0 Å². The molecule has 0 aliphatic heterocycles. The summed E-state index contributed by atoms with van der Waals surface area (Å²) in [4.78, 5) is 33.8. The highest BCUT2D eigenvalue weighted by Gasteiger charge is 2.52. The van der Waals surface area contributed by atoms with Crippen molar-refractivity contribution in [3.05, 3.63) is 0 Å². The number of hydrogen-bond donors (Lipinski definition) is 4. The topological polar surface area (TPSA) is 81.6 Å². The van der Waals surface area contributed by atoms with Crippen molar-refractivity contribution < 1.29 is 14.4 Å². The van der Waals surface area contributed by atoms with Crippen molar-refractivity contribution in [3.63, 3.8) is 0 Å². The number of carbonyl (C=O) groups excluding carboxylic acids is 1. The van der Waals surface area contributed by atoms with Gasteiger partial charge in [-0.1, -0.05) is 27.2 Å². The second kappa shape index (κ2) is 8.88. The first-order valence-electron chi connectivity index (χ1n) is 8.44. The summed E-state index contributed by atoms with van der Waals surface area (Å²) in [6, 6.07) is 0. The molecule has 0 aromatic carbocycles. The number of amides is 1. The Labute approximate surface area is 129 Å². The standard InChI is InChI=1S/C15H32N2O3Si/c1-4-10-16-14(6-3)21(19,20)13-9-7-8-12(13)15(18)17-11-5-2/h12-14,16,19-20H,4-11H2,1-3H3,(H,17,18). The summed E-state index contributed by atoms with van der Waals surface area (Å²) in [6.07, 6.45) is 5.01. The van der Waals surface area contributed by atoms with Gasteiger partial charge in [0.05, 0.1) is 5.67 Å². The summed E-state index contributed by atoms with van der Waals surface area (Å²) in [6.45, 7) is 7.51. The van der Waals surface area contributed by atoms with Crippen LogP contribution in [-0.2, 0) is 4.79 Å². The molecule has 0 spiro atoms. The highest BCUT2D eigenvalue weighted by atomic mass is 28.4. The molecule has 0 bridgehead atoms. The Hall–Kier alpha value is -0.433. The molecule has 3 atom stereocenters. The van der Waals surface area contributed by atoms with Crippen LogP contribution < -0.4 is 10.6 Å². The van der Waals surface area contributed by atoms with Gasteiger partial charge in [0.2, 0.25) is 5.91 Å². The Bertz CT molecular complexity index is 326. The van der Waals surface area contributed by atoms with Crippen LogP contribution in [0.25, 0.3) is 0 Å². The van der Waals surface area contributed by atoms with Gasteiger partial charge < -0.3 is 20.2 Å². The molecule has 1 aliphatic carbocycles. The number of carbonyl (C=O) groups is 1. The fourth-order valence-corrected chi connectivity index (χ4v) is 6.44. The third-order valence-corrected chi connectivity index (χ3v) is 7.93. The maximum absolute atomic E-state index is 12.3. The van der Waals surface area contributed by atoms with E-state index in [9.17, 15) is 14.4 Å². The van der Waals surface area contributed by atoms with Crippen LogP contribution in [0, 0.1) is 5.92 Å². The van der Waals surface area contributed by atoms with E-state index in [1.165, 1.54) is 0 Å². The third-order valence-electron chi connectivity index (χ3n) is 4.51. The predicted octanol–water partition coefficient (Wildman–Crippen LogP) is 1.43. The lowest BCUT2D eigenvalue weighted by atomic mass is 10.1. The Balaban J connectivity index is 2.76. The van der Waals surface area contributed by atoms with Crippen LogP contribution in [0.2, 0.25) is 5.54 Å². The quantitative estimate of drug-likeness (QED) is 0.485. The molecule has 6 heteroatoms. The minimum absolute atomic E-state index is 0.00432. The molecule has 1 aliphatic rings.